The van der Waals surface area contributed by atoms with Gasteiger partial charge in [-0.3, -0.25) is 4.79 Å². The molecule has 0 aliphatic carbocycles. The van der Waals surface area contributed by atoms with Gasteiger partial charge in [-0.1, -0.05) is 20.8 Å². The summed E-state index contributed by atoms with van der Waals surface area (Å²) in [6.45, 7) is 5.09. The summed E-state index contributed by atoms with van der Waals surface area (Å²) < 4.78 is 25.8. The average Bonchev–Trinajstić information content (AvgIpc) is 2.42. The molecule has 0 unspecified atom stereocenters. The van der Waals surface area contributed by atoms with Crippen molar-refractivity contribution >= 4 is 5.91 Å². The third-order valence-corrected chi connectivity index (χ3v) is 2.68. The summed E-state index contributed by atoms with van der Waals surface area (Å²) in [5, 5.41) is 0. The fraction of sp³-hybridized carbons (Fsp3) is 0.900. The number of likely N-dealkylation sites (tertiary alicyclic amines) is 1. The summed E-state index contributed by atoms with van der Waals surface area (Å²) in [5.41, 5.74) is 5.33. The molecule has 0 saturated carbocycles. The third kappa shape index (κ3) is 2.87. The van der Waals surface area contributed by atoms with Gasteiger partial charge in [-0.25, -0.2) is 8.78 Å². The summed E-state index contributed by atoms with van der Waals surface area (Å²) in [6.07, 6.45) is -0.254. The van der Waals surface area contributed by atoms with E-state index in [0.717, 1.165) is 4.90 Å². The van der Waals surface area contributed by atoms with E-state index in [1.165, 1.54) is 0 Å². The van der Waals surface area contributed by atoms with E-state index >= 15 is 0 Å². The lowest BCUT2D eigenvalue weighted by molar-refractivity contribution is -0.135. The van der Waals surface area contributed by atoms with Crippen molar-refractivity contribution in [3.63, 3.8) is 0 Å². The van der Waals surface area contributed by atoms with Crippen LogP contribution < -0.4 is 5.73 Å². The SMILES string of the molecule is CC(C)(C)[C@@H](N)C(=O)N1CCC(F)(F)C1. The number of hydrogen-bond acceptors (Lipinski definition) is 2. The van der Waals surface area contributed by atoms with Crippen molar-refractivity contribution in [1.82, 2.24) is 4.90 Å². The maximum absolute atomic E-state index is 12.9. The van der Waals surface area contributed by atoms with Crippen LogP contribution in [0.2, 0.25) is 0 Å². The molecule has 1 rings (SSSR count). The molecule has 88 valence electrons. The highest BCUT2D eigenvalue weighted by Crippen LogP contribution is 2.28. The normalized spacial score (nSPS) is 22.9. The van der Waals surface area contributed by atoms with Crippen LogP contribution in [0.25, 0.3) is 0 Å². The Hall–Kier alpha value is -0.710. The van der Waals surface area contributed by atoms with E-state index in [0.29, 0.717) is 0 Å². The van der Waals surface area contributed by atoms with Crippen LogP contribution in [-0.2, 0) is 4.79 Å². The van der Waals surface area contributed by atoms with Gasteiger partial charge in [0.15, 0.2) is 0 Å². The minimum absolute atomic E-state index is 0.107. The fourth-order valence-electron chi connectivity index (χ4n) is 1.49. The van der Waals surface area contributed by atoms with Gasteiger partial charge in [0.1, 0.15) is 0 Å². The number of carbonyl (C=O) groups excluding carboxylic acids is 1. The van der Waals surface area contributed by atoms with Gasteiger partial charge in [0.05, 0.1) is 12.6 Å². The molecule has 5 heteroatoms. The molecule has 1 fully saturated rings. The van der Waals surface area contributed by atoms with Crippen molar-refractivity contribution in [2.45, 2.75) is 39.2 Å². The predicted molar refractivity (Wildman–Crippen MR) is 53.6 cm³/mol. The molecule has 0 spiro atoms. The van der Waals surface area contributed by atoms with Crippen LogP contribution in [0.15, 0.2) is 0 Å². The highest BCUT2D eigenvalue weighted by atomic mass is 19.3. The van der Waals surface area contributed by atoms with Crippen molar-refractivity contribution in [3.05, 3.63) is 0 Å². The van der Waals surface area contributed by atoms with E-state index in [9.17, 15) is 13.6 Å². The predicted octanol–water partition coefficient (Wildman–Crippen LogP) is 1.23. The number of halogens is 2. The van der Waals surface area contributed by atoms with Crippen LogP contribution in [0.4, 0.5) is 8.78 Å². The van der Waals surface area contributed by atoms with Crippen molar-refractivity contribution in [1.29, 1.82) is 0 Å². The number of carbonyl (C=O) groups is 1. The van der Waals surface area contributed by atoms with Gasteiger partial charge in [-0.15, -0.1) is 0 Å². The van der Waals surface area contributed by atoms with Crippen LogP contribution in [-0.4, -0.2) is 35.9 Å². The zero-order chi connectivity index (χ0) is 11.9. The van der Waals surface area contributed by atoms with E-state index < -0.39 is 23.9 Å². The zero-order valence-corrected chi connectivity index (χ0v) is 9.39. The van der Waals surface area contributed by atoms with Crippen molar-refractivity contribution < 1.29 is 13.6 Å². The second-order valence-electron chi connectivity index (χ2n) is 5.21. The van der Waals surface area contributed by atoms with Crippen LogP contribution in [0.5, 0.6) is 0 Å². The first kappa shape index (κ1) is 12.4. The Bertz CT molecular complexity index is 261. The van der Waals surface area contributed by atoms with Crippen LogP contribution in [0.3, 0.4) is 0 Å². The first-order valence-electron chi connectivity index (χ1n) is 5.06. The summed E-state index contributed by atoms with van der Waals surface area (Å²) in [5.74, 6) is -3.12. The molecule has 0 aromatic rings. The molecule has 3 nitrogen and oxygen atoms in total. The van der Waals surface area contributed by atoms with Crippen molar-refractivity contribution in [2.24, 2.45) is 11.1 Å². The molecular formula is C10H18F2N2O. The Morgan fingerprint density at radius 2 is 2.00 bits per heavy atom. The highest BCUT2D eigenvalue weighted by molar-refractivity contribution is 5.82. The Balaban J connectivity index is 2.64. The smallest absolute Gasteiger partial charge is 0.267 e. The molecule has 1 aliphatic heterocycles. The number of amides is 1. The quantitative estimate of drug-likeness (QED) is 0.722. The van der Waals surface area contributed by atoms with E-state index in [-0.39, 0.29) is 18.9 Å². The number of rotatable bonds is 1. The molecule has 0 radical (unpaired) electrons. The van der Waals surface area contributed by atoms with E-state index in [1.807, 2.05) is 20.8 Å². The molecule has 0 aromatic carbocycles. The molecule has 1 saturated heterocycles. The minimum Gasteiger partial charge on any atom is -0.335 e. The Labute approximate surface area is 88.6 Å². The number of hydrogen-bond donors (Lipinski definition) is 1. The van der Waals surface area contributed by atoms with E-state index in [1.54, 1.807) is 0 Å². The summed E-state index contributed by atoms with van der Waals surface area (Å²) >= 11 is 0. The second-order valence-corrected chi connectivity index (χ2v) is 5.21. The van der Waals surface area contributed by atoms with E-state index in [2.05, 4.69) is 0 Å². The first-order valence-corrected chi connectivity index (χ1v) is 5.06. The molecule has 1 aliphatic rings. The van der Waals surface area contributed by atoms with Gasteiger partial charge in [0.2, 0.25) is 5.91 Å². The topological polar surface area (TPSA) is 46.3 Å². The van der Waals surface area contributed by atoms with Gasteiger partial charge < -0.3 is 10.6 Å². The summed E-state index contributed by atoms with van der Waals surface area (Å²) in [7, 11) is 0. The monoisotopic (exact) mass is 220 g/mol. The Morgan fingerprint density at radius 3 is 2.33 bits per heavy atom. The number of alkyl halides is 2. The molecule has 1 atom stereocenters. The van der Waals surface area contributed by atoms with Gasteiger partial charge >= 0.3 is 0 Å². The minimum atomic E-state index is -2.74. The van der Waals surface area contributed by atoms with Crippen molar-refractivity contribution in [2.75, 3.05) is 13.1 Å². The second kappa shape index (κ2) is 3.70. The lowest BCUT2D eigenvalue weighted by Gasteiger charge is -2.29. The summed E-state index contributed by atoms with van der Waals surface area (Å²) in [4.78, 5) is 12.9. The lowest BCUT2D eigenvalue weighted by atomic mass is 9.86. The Morgan fingerprint density at radius 1 is 1.47 bits per heavy atom. The van der Waals surface area contributed by atoms with E-state index in [4.69, 9.17) is 5.73 Å². The third-order valence-electron chi connectivity index (χ3n) is 2.68. The Kier molecular flexibility index (Phi) is 3.05. The van der Waals surface area contributed by atoms with Gasteiger partial charge in [0.25, 0.3) is 5.92 Å². The average molecular weight is 220 g/mol. The molecule has 0 aromatic heterocycles. The fourth-order valence-corrected chi connectivity index (χ4v) is 1.49. The maximum Gasteiger partial charge on any atom is 0.267 e. The molecule has 0 bridgehead atoms. The number of nitrogens with zero attached hydrogens (tertiary/aromatic N) is 1. The molecule has 15 heavy (non-hydrogen) atoms. The van der Waals surface area contributed by atoms with Crippen LogP contribution >= 0.6 is 0 Å². The highest BCUT2D eigenvalue weighted by Gasteiger charge is 2.42. The largest absolute Gasteiger partial charge is 0.335 e. The van der Waals surface area contributed by atoms with Crippen LogP contribution in [0, 0.1) is 5.41 Å². The maximum atomic E-state index is 12.9. The molecule has 1 heterocycles. The molecular weight excluding hydrogens is 202 g/mol. The molecule has 2 N–H and O–H groups in total. The standard InChI is InChI=1S/C10H18F2N2O/c1-9(2,3)7(13)8(15)14-5-4-10(11,12)6-14/h7H,4-6,13H2,1-3H3/t7-/m0/s1. The zero-order valence-electron chi connectivity index (χ0n) is 9.39. The van der Waals surface area contributed by atoms with Crippen molar-refractivity contribution in [3.8, 4) is 0 Å². The summed E-state index contributed by atoms with van der Waals surface area (Å²) in [6, 6.07) is -0.716. The van der Waals surface area contributed by atoms with Crippen LogP contribution in [0.1, 0.15) is 27.2 Å². The molecule has 1 amide bonds. The van der Waals surface area contributed by atoms with Gasteiger partial charge in [-0.2, -0.15) is 0 Å². The van der Waals surface area contributed by atoms with Gasteiger partial charge in [0, 0.05) is 13.0 Å². The lowest BCUT2D eigenvalue weighted by Crippen LogP contribution is -2.50. The first-order chi connectivity index (χ1) is 6.63. The number of nitrogens with two attached hydrogens (primary N) is 1. The van der Waals surface area contributed by atoms with Gasteiger partial charge in [-0.05, 0) is 5.41 Å².